The maximum Gasteiger partial charge on any atom is 0.111 e. The van der Waals surface area contributed by atoms with E-state index < -0.39 is 0 Å². The number of hydrogen-bond acceptors (Lipinski definition) is 2. The largest absolute Gasteiger partial charge is 0.326 e. The Kier molecular flexibility index (Phi) is 4.31. The van der Waals surface area contributed by atoms with E-state index in [9.17, 15) is 0 Å². The number of imidazole rings is 1. The molecule has 1 aromatic carbocycles. The van der Waals surface area contributed by atoms with E-state index in [1.165, 1.54) is 5.56 Å². The van der Waals surface area contributed by atoms with Crippen molar-refractivity contribution < 1.29 is 0 Å². The van der Waals surface area contributed by atoms with Crippen LogP contribution in [0.4, 0.5) is 0 Å². The number of hydrogen-bond donors (Lipinski definition) is 0. The highest BCUT2D eigenvalue weighted by atomic mass is 79.9. The average Bonchev–Trinajstić information content (AvgIpc) is 3.00. The molecule has 0 aliphatic carbocycles. The van der Waals surface area contributed by atoms with Crippen molar-refractivity contribution in [2.75, 3.05) is 5.88 Å². The number of aryl methyl sites for hydroxylation is 4. The molecule has 21 heavy (non-hydrogen) atoms. The SMILES string of the molecule is Cc1cnn(CCn2c(CCCl)nc3cc(Br)ccc32)c1. The van der Waals surface area contributed by atoms with Crippen LogP contribution in [0.3, 0.4) is 0 Å². The lowest BCUT2D eigenvalue weighted by molar-refractivity contribution is 0.529. The Hall–Kier alpha value is -1.33. The van der Waals surface area contributed by atoms with E-state index in [1.54, 1.807) is 0 Å². The Labute approximate surface area is 136 Å². The number of nitrogens with zero attached hydrogens (tertiary/aromatic N) is 4. The van der Waals surface area contributed by atoms with Crippen molar-refractivity contribution in [2.45, 2.75) is 26.4 Å². The molecule has 0 aliphatic heterocycles. The molecule has 0 spiro atoms. The zero-order valence-electron chi connectivity index (χ0n) is 11.8. The highest BCUT2D eigenvalue weighted by Gasteiger charge is 2.10. The smallest absolute Gasteiger partial charge is 0.111 e. The second-order valence-electron chi connectivity index (χ2n) is 5.03. The number of alkyl halides is 1. The van der Waals surface area contributed by atoms with Gasteiger partial charge in [0.15, 0.2) is 0 Å². The van der Waals surface area contributed by atoms with Crippen molar-refractivity contribution in [3.63, 3.8) is 0 Å². The van der Waals surface area contributed by atoms with Crippen LogP contribution in [-0.2, 0) is 19.5 Å². The van der Waals surface area contributed by atoms with Crippen molar-refractivity contribution in [2.24, 2.45) is 0 Å². The van der Waals surface area contributed by atoms with Crippen LogP contribution in [-0.4, -0.2) is 25.2 Å². The molecule has 0 radical (unpaired) electrons. The molecule has 6 heteroatoms. The van der Waals surface area contributed by atoms with Gasteiger partial charge in [0.2, 0.25) is 0 Å². The van der Waals surface area contributed by atoms with Gasteiger partial charge in [-0.1, -0.05) is 15.9 Å². The Morgan fingerprint density at radius 2 is 2.14 bits per heavy atom. The zero-order valence-corrected chi connectivity index (χ0v) is 14.1. The normalized spacial score (nSPS) is 11.4. The number of halogens is 2. The molecule has 0 bridgehead atoms. The van der Waals surface area contributed by atoms with Crippen LogP contribution < -0.4 is 0 Å². The van der Waals surface area contributed by atoms with Crippen LogP contribution in [0.2, 0.25) is 0 Å². The standard InChI is InChI=1S/C15H16BrClN4/c1-11-9-18-20(10-11)6-7-21-14-3-2-12(16)8-13(14)19-15(21)4-5-17/h2-3,8-10H,4-7H2,1H3. The summed E-state index contributed by atoms with van der Waals surface area (Å²) in [5.41, 5.74) is 3.32. The summed E-state index contributed by atoms with van der Waals surface area (Å²) in [6, 6.07) is 6.18. The monoisotopic (exact) mass is 366 g/mol. The summed E-state index contributed by atoms with van der Waals surface area (Å²) in [5, 5.41) is 4.33. The third kappa shape index (κ3) is 3.14. The molecule has 0 N–H and O–H groups in total. The maximum absolute atomic E-state index is 5.91. The molecule has 2 heterocycles. The third-order valence-corrected chi connectivity index (χ3v) is 4.10. The predicted molar refractivity (Wildman–Crippen MR) is 88.8 cm³/mol. The molecular weight excluding hydrogens is 352 g/mol. The number of fused-ring (bicyclic) bond motifs is 1. The van der Waals surface area contributed by atoms with Crippen molar-refractivity contribution in [1.82, 2.24) is 19.3 Å². The van der Waals surface area contributed by atoms with E-state index in [0.29, 0.717) is 5.88 Å². The summed E-state index contributed by atoms with van der Waals surface area (Å²) in [4.78, 5) is 4.70. The molecule has 0 amide bonds. The van der Waals surface area contributed by atoms with E-state index in [0.717, 1.165) is 40.8 Å². The van der Waals surface area contributed by atoms with Gasteiger partial charge in [-0.3, -0.25) is 4.68 Å². The van der Waals surface area contributed by atoms with E-state index in [-0.39, 0.29) is 0 Å². The lowest BCUT2D eigenvalue weighted by Gasteiger charge is -2.08. The lowest BCUT2D eigenvalue weighted by atomic mass is 10.3. The quantitative estimate of drug-likeness (QED) is 0.643. The number of rotatable bonds is 5. The molecule has 0 unspecified atom stereocenters. The predicted octanol–water partition coefficient (Wildman–Crippen LogP) is 3.79. The van der Waals surface area contributed by atoms with Crippen LogP contribution in [0, 0.1) is 6.92 Å². The second-order valence-corrected chi connectivity index (χ2v) is 6.33. The Balaban J connectivity index is 1.92. The van der Waals surface area contributed by atoms with Gasteiger partial charge in [-0.05, 0) is 30.7 Å². The van der Waals surface area contributed by atoms with Crippen LogP contribution in [0.15, 0.2) is 35.1 Å². The highest BCUT2D eigenvalue weighted by molar-refractivity contribution is 9.10. The summed E-state index contributed by atoms with van der Waals surface area (Å²) in [6.45, 7) is 3.71. The summed E-state index contributed by atoms with van der Waals surface area (Å²) in [7, 11) is 0. The zero-order chi connectivity index (χ0) is 14.8. The molecular formula is C15H16BrClN4. The fourth-order valence-electron chi connectivity index (χ4n) is 2.47. The van der Waals surface area contributed by atoms with Gasteiger partial charge in [0, 0.05) is 29.5 Å². The summed E-state index contributed by atoms with van der Waals surface area (Å²) < 4.78 is 5.24. The molecule has 0 saturated heterocycles. The topological polar surface area (TPSA) is 35.6 Å². The Morgan fingerprint density at radius 3 is 2.86 bits per heavy atom. The van der Waals surface area contributed by atoms with E-state index in [4.69, 9.17) is 16.6 Å². The van der Waals surface area contributed by atoms with Gasteiger partial charge < -0.3 is 4.57 Å². The fraction of sp³-hybridized carbons (Fsp3) is 0.333. The molecule has 0 saturated carbocycles. The Bertz CT molecular complexity index is 762. The van der Waals surface area contributed by atoms with Crippen molar-refractivity contribution in [3.05, 3.63) is 46.5 Å². The van der Waals surface area contributed by atoms with Gasteiger partial charge in [0.25, 0.3) is 0 Å². The fourth-order valence-corrected chi connectivity index (χ4v) is 2.99. The van der Waals surface area contributed by atoms with Gasteiger partial charge >= 0.3 is 0 Å². The van der Waals surface area contributed by atoms with Crippen LogP contribution in [0.25, 0.3) is 11.0 Å². The molecule has 0 aliphatic rings. The minimum atomic E-state index is 0.575. The number of benzene rings is 1. The summed E-state index contributed by atoms with van der Waals surface area (Å²) >= 11 is 9.40. The lowest BCUT2D eigenvalue weighted by Crippen LogP contribution is -2.11. The first-order chi connectivity index (χ1) is 10.2. The summed E-state index contributed by atoms with van der Waals surface area (Å²) in [5.74, 6) is 1.60. The molecule has 110 valence electrons. The van der Waals surface area contributed by atoms with Crippen molar-refractivity contribution in [3.8, 4) is 0 Å². The van der Waals surface area contributed by atoms with E-state index in [1.807, 2.05) is 29.9 Å². The van der Waals surface area contributed by atoms with E-state index >= 15 is 0 Å². The molecule has 4 nitrogen and oxygen atoms in total. The minimum absolute atomic E-state index is 0.575. The van der Waals surface area contributed by atoms with Gasteiger partial charge in [0.1, 0.15) is 5.82 Å². The van der Waals surface area contributed by atoms with E-state index in [2.05, 4.69) is 37.9 Å². The molecule has 2 aromatic heterocycles. The van der Waals surface area contributed by atoms with Crippen LogP contribution in [0.1, 0.15) is 11.4 Å². The van der Waals surface area contributed by atoms with Gasteiger partial charge in [-0.2, -0.15) is 5.10 Å². The number of aromatic nitrogens is 4. The Morgan fingerprint density at radius 1 is 1.29 bits per heavy atom. The first-order valence-corrected chi connectivity index (χ1v) is 8.20. The molecule has 0 fully saturated rings. The first kappa shape index (κ1) is 14.6. The van der Waals surface area contributed by atoms with Gasteiger partial charge in [-0.15, -0.1) is 11.6 Å². The van der Waals surface area contributed by atoms with Crippen molar-refractivity contribution >= 4 is 38.6 Å². The molecule has 3 aromatic rings. The second kappa shape index (κ2) is 6.20. The average molecular weight is 368 g/mol. The maximum atomic E-state index is 5.91. The van der Waals surface area contributed by atoms with Gasteiger partial charge in [-0.25, -0.2) is 4.98 Å². The first-order valence-electron chi connectivity index (χ1n) is 6.87. The third-order valence-electron chi connectivity index (χ3n) is 3.42. The highest BCUT2D eigenvalue weighted by Crippen LogP contribution is 2.21. The molecule has 0 atom stereocenters. The summed E-state index contributed by atoms with van der Waals surface area (Å²) in [6.07, 6.45) is 4.70. The van der Waals surface area contributed by atoms with Gasteiger partial charge in [0.05, 0.1) is 23.8 Å². The van der Waals surface area contributed by atoms with Crippen LogP contribution in [0.5, 0.6) is 0 Å². The minimum Gasteiger partial charge on any atom is -0.326 e. The molecule has 3 rings (SSSR count). The van der Waals surface area contributed by atoms with Crippen molar-refractivity contribution in [1.29, 1.82) is 0 Å². The van der Waals surface area contributed by atoms with Crippen LogP contribution >= 0.6 is 27.5 Å².